The summed E-state index contributed by atoms with van der Waals surface area (Å²) in [4.78, 5) is 0. The van der Waals surface area contributed by atoms with Crippen molar-refractivity contribution in [1.82, 2.24) is 0 Å². The number of allylic oxidation sites excluding steroid dienone is 1. The smallest absolute Gasteiger partial charge is 0.397 e. The highest BCUT2D eigenvalue weighted by atomic mass is 19.4. The molecule has 0 aliphatic heterocycles. The van der Waals surface area contributed by atoms with Crippen molar-refractivity contribution < 1.29 is 57.4 Å². The zero-order valence-corrected chi connectivity index (χ0v) is 8.44. The van der Waals surface area contributed by atoms with Crippen LogP contribution >= 0.6 is 0 Å². The minimum atomic E-state index is -7.10. The van der Waals surface area contributed by atoms with Crippen LogP contribution in [0.25, 0.3) is 0 Å². The number of hydrogen-bond acceptors (Lipinski definition) is 1. The summed E-state index contributed by atoms with van der Waals surface area (Å²) in [5.74, 6) is -18.2. The number of rotatable bonds is 5. The molecule has 0 aromatic carbocycles. The second kappa shape index (κ2) is 5.44. The summed E-state index contributed by atoms with van der Waals surface area (Å²) in [5.41, 5.74) is 0. The second-order valence-corrected chi connectivity index (χ2v) is 2.88. The van der Waals surface area contributed by atoms with Gasteiger partial charge >= 0.3 is 36.1 Å². The molecule has 0 fully saturated rings. The Hall–Kier alpha value is -1.56. The van der Waals surface area contributed by atoms with Gasteiger partial charge in [-0.25, -0.2) is 0 Å². The fourth-order valence-electron chi connectivity index (χ4n) is 0.654. The summed E-state index contributed by atoms with van der Waals surface area (Å²) in [6.07, 6.45) is -14.5. The fourth-order valence-corrected chi connectivity index (χ4v) is 0.654. The first-order chi connectivity index (χ1) is 8.68. The molecule has 0 heterocycles. The molecule has 0 aromatic rings. The Morgan fingerprint density at radius 3 is 1.35 bits per heavy atom. The van der Waals surface area contributed by atoms with E-state index in [1.807, 2.05) is 4.74 Å². The van der Waals surface area contributed by atoms with Crippen LogP contribution in [0.5, 0.6) is 0 Å². The number of alkyl halides is 6. The molecule has 0 atom stereocenters. The Balaban J connectivity index is 5.74. The molecule has 0 saturated carbocycles. The van der Waals surface area contributed by atoms with Crippen LogP contribution in [0.2, 0.25) is 0 Å². The zero-order valence-electron chi connectivity index (χ0n) is 8.44. The average molecular weight is 328 g/mol. The predicted octanol–water partition coefficient (Wildman–Crippen LogP) is 4.98. The molecule has 1 nitrogen and oxygen atoms in total. The van der Waals surface area contributed by atoms with Crippen LogP contribution in [-0.4, -0.2) is 18.0 Å². The molecule has 20 heavy (non-hydrogen) atoms. The van der Waals surface area contributed by atoms with Crippen molar-refractivity contribution >= 4 is 0 Å². The zero-order chi connectivity index (χ0) is 16.5. The van der Waals surface area contributed by atoms with E-state index in [9.17, 15) is 52.7 Å². The van der Waals surface area contributed by atoms with Gasteiger partial charge in [0.25, 0.3) is 0 Å². The van der Waals surface area contributed by atoms with Crippen molar-refractivity contribution in [2.45, 2.75) is 18.0 Å². The topological polar surface area (TPSA) is 9.23 Å². The van der Waals surface area contributed by atoms with Crippen LogP contribution in [-0.2, 0) is 4.74 Å². The summed E-state index contributed by atoms with van der Waals surface area (Å²) >= 11 is 0. The van der Waals surface area contributed by atoms with Gasteiger partial charge in [0.2, 0.25) is 5.83 Å². The van der Waals surface area contributed by atoms with Gasteiger partial charge in [0.05, 0.1) is 0 Å². The molecule has 13 heteroatoms. The lowest BCUT2D eigenvalue weighted by Gasteiger charge is -2.30. The molecule has 0 amide bonds. The van der Waals surface area contributed by atoms with Gasteiger partial charge in [0, 0.05) is 0 Å². The van der Waals surface area contributed by atoms with Crippen molar-refractivity contribution in [3.05, 3.63) is 24.0 Å². The van der Waals surface area contributed by atoms with Gasteiger partial charge in [0.15, 0.2) is 0 Å². The first-order valence-electron chi connectivity index (χ1n) is 3.93. The van der Waals surface area contributed by atoms with E-state index in [1.165, 1.54) is 0 Å². The van der Waals surface area contributed by atoms with E-state index < -0.39 is 42.0 Å². The third-order valence-corrected chi connectivity index (χ3v) is 1.57. The summed E-state index contributed by atoms with van der Waals surface area (Å²) in [6, 6.07) is -3.67. The highest BCUT2D eigenvalue weighted by Gasteiger charge is 2.77. The predicted molar refractivity (Wildman–Crippen MR) is 36.6 cm³/mol. The third-order valence-electron chi connectivity index (χ3n) is 1.57. The lowest BCUT2D eigenvalue weighted by Crippen LogP contribution is -2.55. The van der Waals surface area contributed by atoms with Crippen molar-refractivity contribution in [3.8, 4) is 0 Å². The highest BCUT2D eigenvalue weighted by molar-refractivity contribution is 5.13. The minimum absolute atomic E-state index is 1.95. The molecule has 0 rings (SSSR count). The lowest BCUT2D eigenvalue weighted by molar-refractivity contribution is -0.388. The van der Waals surface area contributed by atoms with Gasteiger partial charge in [-0.1, -0.05) is 0 Å². The Labute approximate surface area is 101 Å². The van der Waals surface area contributed by atoms with Crippen LogP contribution in [0.4, 0.5) is 52.7 Å². The average Bonchev–Trinajstić information content (AvgIpc) is 2.26. The molecule has 0 aromatic heterocycles. The van der Waals surface area contributed by atoms with E-state index in [0.717, 1.165) is 0 Å². The normalized spacial score (nSPS) is 13.0. The second-order valence-electron chi connectivity index (χ2n) is 2.88. The van der Waals surface area contributed by atoms with Crippen molar-refractivity contribution in [2.75, 3.05) is 0 Å². The van der Waals surface area contributed by atoms with E-state index in [-0.39, 0.29) is 0 Å². The van der Waals surface area contributed by atoms with Crippen LogP contribution in [0, 0.1) is 0 Å². The summed E-state index contributed by atoms with van der Waals surface area (Å²) in [5, 5.41) is 0. The van der Waals surface area contributed by atoms with E-state index in [1.54, 1.807) is 0 Å². The van der Waals surface area contributed by atoms with E-state index in [0.29, 0.717) is 0 Å². The molecule has 0 unspecified atom stereocenters. The maximum absolute atomic E-state index is 12.5. The largest absolute Gasteiger partial charge is 0.473 e. The Morgan fingerprint density at radius 1 is 0.650 bits per heavy atom. The quantitative estimate of drug-likeness (QED) is 0.511. The SMILES string of the molecule is FC(F)=C(F)OC(F)(F)C(F)(F)C(F)(F)C(F)=C(F)F. The van der Waals surface area contributed by atoms with Crippen molar-refractivity contribution in [1.29, 1.82) is 0 Å². The van der Waals surface area contributed by atoms with Gasteiger partial charge in [0.1, 0.15) is 0 Å². The van der Waals surface area contributed by atoms with Crippen molar-refractivity contribution in [3.63, 3.8) is 0 Å². The first kappa shape index (κ1) is 18.4. The van der Waals surface area contributed by atoms with Crippen LogP contribution in [0.1, 0.15) is 0 Å². The number of halogens is 12. The van der Waals surface area contributed by atoms with Crippen LogP contribution in [0.15, 0.2) is 24.0 Å². The van der Waals surface area contributed by atoms with Crippen LogP contribution in [0.3, 0.4) is 0 Å². The Kier molecular flexibility index (Phi) is 5.01. The molecule has 118 valence electrons. The molecule has 0 saturated heterocycles. The molecule has 0 bridgehead atoms. The molecule has 0 aliphatic carbocycles. The molecule has 0 N–H and O–H groups in total. The highest BCUT2D eigenvalue weighted by Crippen LogP contribution is 2.51. The number of hydrogen-bond donors (Lipinski definition) is 0. The maximum atomic E-state index is 12.5. The molecular weight excluding hydrogens is 328 g/mol. The van der Waals surface area contributed by atoms with Crippen LogP contribution < -0.4 is 0 Å². The van der Waals surface area contributed by atoms with Gasteiger partial charge in [-0.2, -0.15) is 52.7 Å². The van der Waals surface area contributed by atoms with Gasteiger partial charge < -0.3 is 4.74 Å². The standard InChI is InChI=1S/C7F12O/c8-1(2(9)10)5(14,15)6(16,17)7(18,19)20-4(13)3(11)12. The monoisotopic (exact) mass is 328 g/mol. The summed E-state index contributed by atoms with van der Waals surface area (Å²) < 4.78 is 146. The van der Waals surface area contributed by atoms with E-state index in [4.69, 9.17) is 0 Å². The lowest BCUT2D eigenvalue weighted by atomic mass is 10.1. The van der Waals surface area contributed by atoms with Gasteiger partial charge in [-0.3, -0.25) is 0 Å². The summed E-state index contributed by atoms with van der Waals surface area (Å²) in [6.45, 7) is 0. The Morgan fingerprint density at radius 2 is 1.05 bits per heavy atom. The number of ether oxygens (including phenoxy) is 1. The molecule has 0 radical (unpaired) electrons. The maximum Gasteiger partial charge on any atom is 0.473 e. The van der Waals surface area contributed by atoms with E-state index >= 15 is 0 Å². The van der Waals surface area contributed by atoms with Gasteiger partial charge in [-0.05, 0) is 0 Å². The summed E-state index contributed by atoms with van der Waals surface area (Å²) in [7, 11) is 0. The van der Waals surface area contributed by atoms with Crippen molar-refractivity contribution in [2.24, 2.45) is 0 Å². The van der Waals surface area contributed by atoms with E-state index in [2.05, 4.69) is 0 Å². The fraction of sp³-hybridized carbons (Fsp3) is 0.429. The minimum Gasteiger partial charge on any atom is -0.397 e. The molecular formula is C7F12O. The molecule has 0 aliphatic rings. The first-order valence-corrected chi connectivity index (χ1v) is 3.93. The van der Waals surface area contributed by atoms with Gasteiger partial charge in [-0.15, -0.1) is 0 Å². The third kappa shape index (κ3) is 3.12. The Bertz CT molecular complexity index is 427. The molecule has 0 spiro atoms.